The Bertz CT molecular complexity index is 3300. The van der Waals surface area contributed by atoms with Crippen LogP contribution in [0.5, 0.6) is 0 Å². The smallest absolute Gasteiger partial charge is 0.337 e. The molecule has 384 valence electrons. The highest BCUT2D eigenvalue weighted by Crippen LogP contribution is 2.74. The third-order valence-corrected chi connectivity index (χ3v) is 22.2. The van der Waals surface area contributed by atoms with Crippen LogP contribution in [0.15, 0.2) is 170 Å². The quantitative estimate of drug-likeness (QED) is 0.0676. The molecule has 0 N–H and O–H groups in total. The molecule has 6 fully saturated rings. The predicted molar refractivity (Wildman–Crippen MR) is 336 cm³/mol. The number of hydrogen-bond acceptors (Lipinski definition) is 8. The van der Waals surface area contributed by atoms with Gasteiger partial charge in [-0.3, -0.25) is 0 Å². The van der Waals surface area contributed by atoms with Crippen molar-refractivity contribution in [3.05, 3.63) is 235 Å². The van der Waals surface area contributed by atoms with Crippen LogP contribution in [0.2, 0.25) is 0 Å². The summed E-state index contributed by atoms with van der Waals surface area (Å²) < 4.78 is 6.17. The van der Waals surface area contributed by atoms with E-state index < -0.39 is 0 Å². The molecule has 2 saturated heterocycles. The molecule has 4 aliphatic carbocycles. The van der Waals surface area contributed by atoms with E-state index in [0.717, 1.165) is 121 Å². The van der Waals surface area contributed by atoms with Gasteiger partial charge in [-0.2, -0.15) is 0 Å². The Hall–Kier alpha value is -5.58. The second kappa shape index (κ2) is 22.6. The van der Waals surface area contributed by atoms with Crippen molar-refractivity contribution in [1.29, 1.82) is 0 Å². The van der Waals surface area contributed by atoms with E-state index >= 15 is 0 Å². The van der Waals surface area contributed by atoms with Gasteiger partial charge in [0.2, 0.25) is 0 Å². The molecule has 7 aromatic carbocycles. The highest BCUT2D eigenvalue weighted by atomic mass is 127. The van der Waals surface area contributed by atoms with Crippen molar-refractivity contribution in [1.82, 2.24) is 0 Å². The summed E-state index contributed by atoms with van der Waals surface area (Å²) in [6.07, 6.45) is 6.55. The second-order valence-electron chi connectivity index (χ2n) is 21.6. The molecule has 6 aliphatic rings. The lowest BCUT2D eigenvalue weighted by Gasteiger charge is -2.71. The van der Waals surface area contributed by atoms with Crippen molar-refractivity contribution in [2.75, 3.05) is 66.1 Å². The van der Waals surface area contributed by atoms with Crippen LogP contribution in [0.3, 0.4) is 0 Å². The zero-order valence-electron chi connectivity index (χ0n) is 43.3. The first-order valence-corrected chi connectivity index (χ1v) is 32.8. The number of carbonyl (C=O) groups excluding carboxylic acids is 1. The largest absolute Gasteiger partial charge is 0.465 e. The van der Waals surface area contributed by atoms with Crippen LogP contribution < -0.4 is 9.80 Å². The fraction of sp³-hybridized carbons (Fsp3) is 0.279. The molecule has 0 spiro atoms. The van der Waals surface area contributed by atoms with E-state index in [9.17, 15) is 4.79 Å². The van der Waals surface area contributed by atoms with E-state index in [-0.39, 0.29) is 27.6 Å². The number of benzene rings is 7. The van der Waals surface area contributed by atoms with Gasteiger partial charge in [0.05, 0.1) is 12.7 Å². The monoisotopic (exact) mass is 1190 g/mol. The standard InChI is InChI=1S/C68H59IN2O2S4/c1-73-64(72)56-20-8-50(9-21-56)2-3-51-10-22-57(23-11-51)65-44-66(58-24-12-52(13-25-58)4-6-54-16-32-62(33-17-54)70-36-40-74-75-41-37-70)46-67(45-65,49-68(47-65,48-66)60-28-30-61(69)31-29-60)59-26-14-53(15-27-59)5-7-55-18-34-63(35-19-55)71-38-42-76-77-43-39-71/h8-35H,36-49H2,1H3. The average Bonchev–Trinajstić information content (AvgIpc) is 4.06. The van der Waals surface area contributed by atoms with Crippen LogP contribution in [0.25, 0.3) is 0 Å². The van der Waals surface area contributed by atoms with Gasteiger partial charge in [-0.1, -0.05) is 127 Å². The van der Waals surface area contributed by atoms with Gasteiger partial charge in [-0.15, -0.1) is 0 Å². The summed E-state index contributed by atoms with van der Waals surface area (Å²) >= 11 is 2.46. The van der Waals surface area contributed by atoms with Crippen LogP contribution in [-0.4, -0.2) is 62.3 Å². The number of nitrogens with zero attached hydrogens (tertiary/aromatic N) is 2. The van der Waals surface area contributed by atoms with Gasteiger partial charge in [-0.05, 0) is 226 Å². The lowest BCUT2D eigenvalue weighted by Crippen LogP contribution is -2.67. The van der Waals surface area contributed by atoms with Gasteiger partial charge in [0.25, 0.3) is 0 Å². The zero-order valence-corrected chi connectivity index (χ0v) is 48.7. The first-order valence-electron chi connectivity index (χ1n) is 26.7. The number of ether oxygens (including phenoxy) is 1. The first-order chi connectivity index (χ1) is 37.7. The Morgan fingerprint density at radius 3 is 0.909 bits per heavy atom. The summed E-state index contributed by atoms with van der Waals surface area (Å²) in [5, 5.41) is 0. The average molecular weight is 1190 g/mol. The highest BCUT2D eigenvalue weighted by Gasteiger charge is 2.69. The molecule has 0 radical (unpaired) electrons. The molecular formula is C68H59IN2O2S4. The SMILES string of the molecule is COC(=O)c1ccc(C#Cc2ccc(C34CC5(c6ccc(I)cc6)CC(c6ccc(C#Cc7ccc(N8CCSSCC8)cc7)cc6)(C3)CC(c3ccc(C#Cc6ccc(N7CCSSCC7)cc6)cc3)(C5)C4)cc2)cc1. The molecule has 2 aliphatic heterocycles. The number of carbonyl (C=O) groups is 1. The third-order valence-electron chi connectivity index (χ3n) is 16.8. The van der Waals surface area contributed by atoms with E-state index in [1.807, 2.05) is 55.3 Å². The maximum Gasteiger partial charge on any atom is 0.337 e. The lowest BCUT2D eigenvalue weighted by molar-refractivity contribution is -0.0691. The van der Waals surface area contributed by atoms with E-state index in [0.29, 0.717) is 5.56 Å². The molecular weight excluding hydrogens is 1130 g/mol. The van der Waals surface area contributed by atoms with Crippen LogP contribution in [0.1, 0.15) is 105 Å². The summed E-state index contributed by atoms with van der Waals surface area (Å²) in [6, 6.07) is 62.5. The number of rotatable bonds is 7. The normalized spacial score (nSPS) is 23.5. The Kier molecular flexibility index (Phi) is 15.3. The topological polar surface area (TPSA) is 32.8 Å². The molecule has 9 heteroatoms. The van der Waals surface area contributed by atoms with E-state index in [2.05, 4.69) is 214 Å². The molecule has 0 amide bonds. The molecule has 13 rings (SSSR count). The molecule has 2 heterocycles. The van der Waals surface area contributed by atoms with Gasteiger partial charge >= 0.3 is 5.97 Å². The summed E-state index contributed by atoms with van der Waals surface area (Å²) in [6.45, 7) is 4.33. The first kappa shape index (κ1) is 52.1. The van der Waals surface area contributed by atoms with Crippen LogP contribution in [-0.2, 0) is 26.4 Å². The maximum atomic E-state index is 12.1. The third kappa shape index (κ3) is 11.2. The highest BCUT2D eigenvalue weighted by molar-refractivity contribution is 14.1. The summed E-state index contributed by atoms with van der Waals surface area (Å²) in [4.78, 5) is 17.1. The summed E-state index contributed by atoms with van der Waals surface area (Å²) in [5.74, 6) is 25.1. The van der Waals surface area contributed by atoms with Gasteiger partial charge < -0.3 is 14.5 Å². The number of halogens is 1. The predicted octanol–water partition coefficient (Wildman–Crippen LogP) is 15.1. The Labute approximate surface area is 485 Å². The Morgan fingerprint density at radius 2 is 0.636 bits per heavy atom. The molecule has 2 unspecified atom stereocenters. The minimum atomic E-state index is -0.348. The Morgan fingerprint density at radius 1 is 0.390 bits per heavy atom. The fourth-order valence-corrected chi connectivity index (χ4v) is 18.0. The van der Waals surface area contributed by atoms with Crippen molar-refractivity contribution < 1.29 is 9.53 Å². The van der Waals surface area contributed by atoms with Crippen LogP contribution in [0, 0.1) is 39.1 Å². The van der Waals surface area contributed by atoms with Crippen molar-refractivity contribution in [2.45, 2.75) is 60.2 Å². The molecule has 4 bridgehead atoms. The van der Waals surface area contributed by atoms with Crippen molar-refractivity contribution in [3.8, 4) is 35.5 Å². The number of anilines is 2. The van der Waals surface area contributed by atoms with Crippen molar-refractivity contribution in [3.63, 3.8) is 0 Å². The molecule has 4 nitrogen and oxygen atoms in total. The van der Waals surface area contributed by atoms with Crippen molar-refractivity contribution in [2.24, 2.45) is 0 Å². The second-order valence-corrected chi connectivity index (χ2v) is 28.2. The van der Waals surface area contributed by atoms with Gasteiger partial charge in [0, 0.05) is 97.5 Å². The number of esters is 1. The molecule has 0 aromatic heterocycles. The van der Waals surface area contributed by atoms with Gasteiger partial charge in [0.15, 0.2) is 0 Å². The molecule has 2 atom stereocenters. The summed E-state index contributed by atoms with van der Waals surface area (Å²) in [7, 11) is 9.31. The van der Waals surface area contributed by atoms with Gasteiger partial charge in [-0.25, -0.2) is 4.79 Å². The minimum absolute atomic E-state index is 0.0563. The number of methoxy groups -OCH3 is 1. The number of hydrogen-bond donors (Lipinski definition) is 0. The van der Waals surface area contributed by atoms with Gasteiger partial charge in [0.1, 0.15) is 0 Å². The van der Waals surface area contributed by atoms with E-state index in [4.69, 9.17) is 4.74 Å². The van der Waals surface area contributed by atoms with E-state index in [1.54, 1.807) is 12.1 Å². The van der Waals surface area contributed by atoms with Crippen LogP contribution >= 0.6 is 65.8 Å². The lowest BCUT2D eigenvalue weighted by atomic mass is 9.32. The van der Waals surface area contributed by atoms with Crippen LogP contribution in [0.4, 0.5) is 11.4 Å². The molecule has 77 heavy (non-hydrogen) atoms. The Balaban J connectivity index is 0.892. The van der Waals surface area contributed by atoms with E-state index in [1.165, 1.54) is 44.3 Å². The molecule has 4 saturated carbocycles. The fourth-order valence-electron chi connectivity index (χ4n) is 13.7. The summed E-state index contributed by atoms with van der Waals surface area (Å²) in [5.41, 5.74) is 14.4. The molecule has 7 aromatic rings. The minimum Gasteiger partial charge on any atom is -0.465 e. The maximum absolute atomic E-state index is 12.1. The zero-order chi connectivity index (χ0) is 52.3. The van der Waals surface area contributed by atoms with Crippen molar-refractivity contribution >= 4 is 83.1 Å².